The SMILES string of the molecule is CS(=O)(=O)O.O=c1[nH]c2ccccc2n1CCN1CCN(c2cccc(C(F)(F)F)c2)CC1. The summed E-state index contributed by atoms with van der Waals surface area (Å²) in [6.45, 7) is 4.10. The van der Waals surface area contributed by atoms with Gasteiger partial charge in [-0.05, 0) is 30.3 Å². The highest BCUT2D eigenvalue weighted by Crippen LogP contribution is 2.31. The number of imidazole rings is 1. The number of halogens is 3. The van der Waals surface area contributed by atoms with E-state index in [4.69, 9.17) is 4.55 Å². The van der Waals surface area contributed by atoms with Gasteiger partial charge < -0.3 is 9.88 Å². The molecule has 1 fully saturated rings. The largest absolute Gasteiger partial charge is 0.416 e. The zero-order valence-corrected chi connectivity index (χ0v) is 18.7. The minimum absolute atomic E-state index is 0.121. The maximum atomic E-state index is 12.9. The van der Waals surface area contributed by atoms with Crippen LogP contribution in [-0.4, -0.2) is 66.4 Å². The molecule has 180 valence electrons. The van der Waals surface area contributed by atoms with Crippen LogP contribution in [0.2, 0.25) is 0 Å². The highest BCUT2D eigenvalue weighted by molar-refractivity contribution is 7.85. The second-order valence-corrected chi connectivity index (χ2v) is 9.17. The number of aromatic amines is 1. The molecular weight excluding hydrogens is 461 g/mol. The number of anilines is 1. The Morgan fingerprint density at radius 3 is 2.27 bits per heavy atom. The van der Waals surface area contributed by atoms with Crippen LogP contribution in [0.3, 0.4) is 0 Å². The van der Waals surface area contributed by atoms with Crippen LogP contribution in [0.15, 0.2) is 53.3 Å². The van der Waals surface area contributed by atoms with Crippen molar-refractivity contribution in [2.45, 2.75) is 12.7 Å². The molecule has 4 rings (SSSR count). The molecule has 2 aromatic carbocycles. The summed E-state index contributed by atoms with van der Waals surface area (Å²) in [6.07, 6.45) is -3.61. The van der Waals surface area contributed by atoms with Gasteiger partial charge in [-0.3, -0.25) is 14.0 Å². The molecule has 8 nitrogen and oxygen atoms in total. The Kier molecular flexibility index (Phi) is 7.50. The van der Waals surface area contributed by atoms with Crippen LogP contribution < -0.4 is 10.6 Å². The van der Waals surface area contributed by atoms with Gasteiger partial charge in [-0.2, -0.15) is 21.6 Å². The second-order valence-electron chi connectivity index (χ2n) is 7.71. The fourth-order valence-electron chi connectivity index (χ4n) is 3.68. The Morgan fingerprint density at radius 1 is 1.00 bits per heavy atom. The van der Waals surface area contributed by atoms with Crippen LogP contribution in [-0.2, 0) is 22.8 Å². The molecule has 0 amide bonds. The Labute approximate surface area is 189 Å². The number of rotatable bonds is 4. The van der Waals surface area contributed by atoms with Crippen molar-refractivity contribution < 1.29 is 26.1 Å². The monoisotopic (exact) mass is 486 g/mol. The topological polar surface area (TPSA) is 98.6 Å². The van der Waals surface area contributed by atoms with Crippen LogP contribution >= 0.6 is 0 Å². The number of H-pyrrole nitrogens is 1. The second kappa shape index (κ2) is 9.98. The first kappa shape index (κ1) is 24.8. The average Bonchev–Trinajstić information content (AvgIpc) is 3.06. The lowest BCUT2D eigenvalue weighted by atomic mass is 10.1. The predicted molar refractivity (Wildman–Crippen MR) is 120 cm³/mol. The maximum absolute atomic E-state index is 12.9. The number of benzene rings is 2. The van der Waals surface area contributed by atoms with Crippen molar-refractivity contribution in [3.63, 3.8) is 0 Å². The van der Waals surface area contributed by atoms with E-state index in [0.29, 0.717) is 31.6 Å². The van der Waals surface area contributed by atoms with E-state index >= 15 is 0 Å². The highest BCUT2D eigenvalue weighted by atomic mass is 32.2. The molecule has 0 spiro atoms. The summed E-state index contributed by atoms with van der Waals surface area (Å²) in [5.74, 6) is 0. The van der Waals surface area contributed by atoms with Crippen LogP contribution in [0.25, 0.3) is 11.0 Å². The van der Waals surface area contributed by atoms with E-state index in [1.165, 1.54) is 12.1 Å². The summed E-state index contributed by atoms with van der Waals surface area (Å²) in [6, 6.07) is 13.1. The van der Waals surface area contributed by atoms with Crippen molar-refractivity contribution in [3.8, 4) is 0 Å². The maximum Gasteiger partial charge on any atom is 0.416 e. The van der Waals surface area contributed by atoms with E-state index in [0.717, 1.165) is 36.7 Å². The van der Waals surface area contributed by atoms with Gasteiger partial charge in [0.25, 0.3) is 10.1 Å². The predicted octanol–water partition coefficient (Wildman–Crippen LogP) is 2.67. The van der Waals surface area contributed by atoms with E-state index < -0.39 is 21.9 Å². The molecule has 12 heteroatoms. The van der Waals surface area contributed by atoms with Gasteiger partial charge in [-0.25, -0.2) is 4.79 Å². The molecule has 0 atom stereocenters. The van der Waals surface area contributed by atoms with Crippen molar-refractivity contribution in [2.75, 3.05) is 43.9 Å². The van der Waals surface area contributed by atoms with Gasteiger partial charge in [-0.1, -0.05) is 18.2 Å². The van der Waals surface area contributed by atoms with Crippen LogP contribution in [0.5, 0.6) is 0 Å². The van der Waals surface area contributed by atoms with Crippen molar-refractivity contribution >= 4 is 26.8 Å². The summed E-state index contributed by atoms with van der Waals surface area (Å²) in [5, 5.41) is 0. The number of nitrogens with zero attached hydrogens (tertiary/aromatic N) is 3. The molecule has 0 unspecified atom stereocenters. The lowest BCUT2D eigenvalue weighted by Crippen LogP contribution is -2.47. The van der Waals surface area contributed by atoms with Crippen molar-refractivity contribution in [3.05, 3.63) is 64.6 Å². The number of hydrogen-bond acceptors (Lipinski definition) is 5. The first-order valence-corrected chi connectivity index (χ1v) is 12.0. The summed E-state index contributed by atoms with van der Waals surface area (Å²) >= 11 is 0. The normalized spacial score (nSPS) is 15.4. The van der Waals surface area contributed by atoms with Gasteiger partial charge in [0, 0.05) is 45.0 Å². The zero-order valence-electron chi connectivity index (χ0n) is 17.9. The molecule has 0 radical (unpaired) electrons. The van der Waals surface area contributed by atoms with Crippen LogP contribution in [0.1, 0.15) is 5.56 Å². The Bertz CT molecular complexity index is 1240. The lowest BCUT2D eigenvalue weighted by molar-refractivity contribution is -0.137. The van der Waals surface area contributed by atoms with Gasteiger partial charge >= 0.3 is 11.9 Å². The molecule has 0 bridgehead atoms. The first-order chi connectivity index (χ1) is 15.4. The third kappa shape index (κ3) is 7.07. The van der Waals surface area contributed by atoms with Gasteiger partial charge in [0.15, 0.2) is 0 Å². The average molecular weight is 487 g/mol. The number of nitrogens with one attached hydrogen (secondary N) is 1. The fraction of sp³-hybridized carbons (Fsp3) is 0.381. The number of alkyl halides is 3. The number of piperazine rings is 1. The molecule has 0 saturated carbocycles. The molecular formula is C21H25F3N4O4S. The molecule has 3 aromatic rings. The standard InChI is InChI=1S/C20H21F3N4O.CH4O3S/c21-20(22,23)15-4-3-5-16(14-15)26-11-8-25(9-12-26)10-13-27-18-7-2-1-6-17(18)24-19(27)28;1-5(2,3)4/h1-7,14H,8-13H2,(H,24,28);1H3,(H,2,3,4). The zero-order chi connectivity index (χ0) is 24.2. The Balaban J connectivity index is 0.000000555. The third-order valence-corrected chi connectivity index (χ3v) is 5.23. The molecule has 1 saturated heterocycles. The van der Waals surface area contributed by atoms with E-state index in [1.807, 2.05) is 29.2 Å². The van der Waals surface area contributed by atoms with Gasteiger partial charge in [0.05, 0.1) is 22.9 Å². The number of hydrogen-bond donors (Lipinski definition) is 2. The molecule has 2 heterocycles. The summed E-state index contributed by atoms with van der Waals surface area (Å²) in [5.41, 5.74) is 1.56. The van der Waals surface area contributed by atoms with Crippen molar-refractivity contribution in [1.82, 2.24) is 14.5 Å². The van der Waals surface area contributed by atoms with Gasteiger partial charge in [0.1, 0.15) is 0 Å². The van der Waals surface area contributed by atoms with E-state index in [2.05, 4.69) is 9.88 Å². The van der Waals surface area contributed by atoms with Crippen molar-refractivity contribution in [1.29, 1.82) is 0 Å². The lowest BCUT2D eigenvalue weighted by Gasteiger charge is -2.36. The molecule has 1 aliphatic heterocycles. The van der Waals surface area contributed by atoms with E-state index in [-0.39, 0.29) is 5.69 Å². The number of fused-ring (bicyclic) bond motifs is 1. The molecule has 1 aromatic heterocycles. The number of para-hydroxylation sites is 2. The Hall–Kier alpha value is -2.83. The molecule has 2 N–H and O–H groups in total. The minimum Gasteiger partial charge on any atom is -0.369 e. The quantitative estimate of drug-likeness (QED) is 0.551. The smallest absolute Gasteiger partial charge is 0.369 e. The molecule has 0 aliphatic carbocycles. The Morgan fingerprint density at radius 2 is 1.64 bits per heavy atom. The summed E-state index contributed by atoms with van der Waals surface area (Å²) in [4.78, 5) is 19.2. The summed E-state index contributed by atoms with van der Waals surface area (Å²) in [7, 11) is -3.67. The van der Waals surface area contributed by atoms with Gasteiger partial charge in [0.2, 0.25) is 0 Å². The molecule has 33 heavy (non-hydrogen) atoms. The highest BCUT2D eigenvalue weighted by Gasteiger charge is 2.31. The fourth-order valence-corrected chi connectivity index (χ4v) is 3.68. The molecule has 1 aliphatic rings. The van der Waals surface area contributed by atoms with Crippen LogP contribution in [0.4, 0.5) is 18.9 Å². The minimum atomic E-state index is -4.33. The van der Waals surface area contributed by atoms with E-state index in [9.17, 15) is 26.4 Å². The van der Waals surface area contributed by atoms with Crippen molar-refractivity contribution in [2.24, 2.45) is 0 Å². The van der Waals surface area contributed by atoms with Gasteiger partial charge in [-0.15, -0.1) is 0 Å². The third-order valence-electron chi connectivity index (χ3n) is 5.23. The number of aromatic nitrogens is 2. The first-order valence-electron chi connectivity index (χ1n) is 10.2. The van der Waals surface area contributed by atoms with Crippen LogP contribution in [0, 0.1) is 0 Å². The summed E-state index contributed by atoms with van der Waals surface area (Å²) < 4.78 is 66.4. The van der Waals surface area contributed by atoms with E-state index in [1.54, 1.807) is 10.6 Å².